The third kappa shape index (κ3) is 2.60. The lowest BCUT2D eigenvalue weighted by atomic mass is 10.3. The second-order valence-electron chi connectivity index (χ2n) is 3.80. The molecule has 0 saturated carbocycles. The molecule has 2 heteroatoms. The fourth-order valence-corrected chi connectivity index (χ4v) is 3.89. The van der Waals surface area contributed by atoms with Crippen LogP contribution in [0.3, 0.4) is 0 Å². The van der Waals surface area contributed by atoms with E-state index in [2.05, 4.69) is 27.7 Å². The molecule has 0 fully saturated rings. The van der Waals surface area contributed by atoms with Gasteiger partial charge in [0.1, 0.15) is 0 Å². The Morgan fingerprint density at radius 1 is 1.09 bits per heavy atom. The topological polar surface area (TPSA) is 19.9 Å². The van der Waals surface area contributed by atoms with E-state index in [0.717, 1.165) is 12.8 Å². The first-order chi connectivity index (χ1) is 4.96. The molecule has 1 nitrogen and oxygen atoms in total. The van der Waals surface area contributed by atoms with Crippen LogP contribution in [0.15, 0.2) is 0 Å². The zero-order chi connectivity index (χ0) is 9.07. The quantitative estimate of drug-likeness (QED) is 0.579. The van der Waals surface area contributed by atoms with E-state index in [0.29, 0.717) is 11.1 Å². The van der Waals surface area contributed by atoms with Crippen LogP contribution < -0.4 is 0 Å². The van der Waals surface area contributed by atoms with E-state index in [4.69, 9.17) is 0 Å². The van der Waals surface area contributed by atoms with E-state index in [-0.39, 0.29) is 0 Å². The van der Waals surface area contributed by atoms with E-state index in [9.17, 15) is 4.80 Å². The lowest BCUT2D eigenvalue weighted by Gasteiger charge is -2.29. The first-order valence-corrected chi connectivity index (χ1v) is 7.23. The normalized spacial score (nSPS) is 22.4. The molecule has 0 aromatic rings. The van der Waals surface area contributed by atoms with Crippen LogP contribution in [-0.2, 0) is 4.80 Å². The number of rotatable bonds is 4. The highest BCUT2D eigenvalue weighted by Crippen LogP contribution is 2.34. The second kappa shape index (κ2) is 4.26. The first-order valence-electron chi connectivity index (χ1n) is 4.67. The predicted molar refractivity (Wildman–Crippen MR) is 51.7 cm³/mol. The van der Waals surface area contributed by atoms with Gasteiger partial charge in [-0.3, -0.25) is 4.80 Å². The molecule has 0 aliphatic heterocycles. The average molecular weight is 173 g/mol. The number of hydrogen-bond acceptors (Lipinski definition) is 0. The molecule has 0 saturated heterocycles. The van der Waals surface area contributed by atoms with E-state index in [1.165, 1.54) is 0 Å². The Balaban J connectivity index is 4.18. The van der Waals surface area contributed by atoms with Crippen molar-refractivity contribution in [3.8, 4) is 0 Å². The van der Waals surface area contributed by atoms with Crippen molar-refractivity contribution in [1.82, 2.24) is 0 Å². The molecule has 0 aliphatic rings. The Morgan fingerprint density at radius 2 is 1.36 bits per heavy atom. The van der Waals surface area contributed by atoms with E-state index in [1.54, 1.807) is 0 Å². The first kappa shape index (κ1) is 11.2. The molecule has 0 aromatic heterocycles. The Morgan fingerprint density at radius 3 is 1.55 bits per heavy atom. The number of hydrogen-bond donors (Lipinski definition) is 0. The zero-order valence-corrected chi connectivity index (χ0v) is 9.48. The minimum Gasteiger partial charge on any atom is -0.297 e. The molecule has 0 spiro atoms. The molecule has 67 valence electrons. The third-order valence-corrected chi connectivity index (χ3v) is 7.91. The smallest absolute Gasteiger partial charge is 0.239 e. The molecule has 11 heavy (non-hydrogen) atoms. The summed E-state index contributed by atoms with van der Waals surface area (Å²) >= 11 is 0. The van der Waals surface area contributed by atoms with Gasteiger partial charge in [-0.25, -0.2) is 0 Å². The molecule has 2 unspecified atom stereocenters. The van der Waals surface area contributed by atoms with Crippen LogP contribution in [0.1, 0.15) is 40.5 Å². The SMILES string of the molecule is CCC(C)[Si](C)([O])C(C)CC. The average Bonchev–Trinajstić information content (AvgIpc) is 2.01. The van der Waals surface area contributed by atoms with Gasteiger partial charge >= 0.3 is 0 Å². The van der Waals surface area contributed by atoms with E-state index in [1.807, 2.05) is 6.55 Å². The summed E-state index contributed by atoms with van der Waals surface area (Å²) in [6, 6.07) is 0. The minimum absolute atomic E-state index is 0.428. The summed E-state index contributed by atoms with van der Waals surface area (Å²) < 4.78 is 0. The van der Waals surface area contributed by atoms with Gasteiger partial charge in [0, 0.05) is 0 Å². The minimum atomic E-state index is -2.16. The lowest BCUT2D eigenvalue weighted by molar-refractivity contribution is 0.385. The highest BCUT2D eigenvalue weighted by molar-refractivity contribution is 6.73. The van der Waals surface area contributed by atoms with Crippen LogP contribution >= 0.6 is 0 Å². The van der Waals surface area contributed by atoms with Crippen LogP contribution in [0.5, 0.6) is 0 Å². The molecule has 0 aliphatic carbocycles. The fraction of sp³-hybridized carbons (Fsp3) is 1.00. The van der Waals surface area contributed by atoms with Crippen molar-refractivity contribution in [2.45, 2.75) is 58.2 Å². The zero-order valence-electron chi connectivity index (χ0n) is 8.48. The maximum atomic E-state index is 12.1. The maximum Gasteiger partial charge on any atom is 0.239 e. The van der Waals surface area contributed by atoms with Crippen molar-refractivity contribution in [1.29, 1.82) is 0 Å². The fourth-order valence-electron chi connectivity index (χ4n) is 1.30. The highest BCUT2D eigenvalue weighted by atomic mass is 28.4. The van der Waals surface area contributed by atoms with Gasteiger partial charge < -0.3 is 0 Å². The van der Waals surface area contributed by atoms with Crippen LogP contribution in [0.4, 0.5) is 0 Å². The Bertz CT molecular complexity index is 100. The van der Waals surface area contributed by atoms with Crippen molar-refractivity contribution >= 4 is 8.32 Å². The second-order valence-corrected chi connectivity index (χ2v) is 8.14. The summed E-state index contributed by atoms with van der Waals surface area (Å²) in [5.41, 5.74) is 0.856. The standard InChI is InChI=1S/C9H21OSi/c1-6-8(3)11(5,10)9(4)7-2/h8-9H,6-7H2,1-5H3. The highest BCUT2D eigenvalue weighted by Gasteiger charge is 2.38. The van der Waals surface area contributed by atoms with Crippen LogP contribution in [0, 0.1) is 0 Å². The molecule has 1 radical (unpaired) electrons. The molecule has 2 atom stereocenters. The summed E-state index contributed by atoms with van der Waals surface area (Å²) in [5, 5.41) is 0. The monoisotopic (exact) mass is 173 g/mol. The molecular formula is C9H21OSi. The van der Waals surface area contributed by atoms with Gasteiger partial charge in [-0.05, 0) is 17.6 Å². The third-order valence-electron chi connectivity index (χ3n) is 3.18. The summed E-state index contributed by atoms with van der Waals surface area (Å²) in [7, 11) is -2.16. The van der Waals surface area contributed by atoms with Gasteiger partial charge in [0.25, 0.3) is 0 Å². The van der Waals surface area contributed by atoms with Gasteiger partial charge in [-0.2, -0.15) is 0 Å². The molecule has 0 rings (SSSR count). The lowest BCUT2D eigenvalue weighted by Crippen LogP contribution is -2.37. The van der Waals surface area contributed by atoms with E-state index >= 15 is 0 Å². The summed E-state index contributed by atoms with van der Waals surface area (Å²) in [6.45, 7) is 10.5. The molecule has 0 heterocycles. The van der Waals surface area contributed by atoms with Gasteiger partial charge in [0.15, 0.2) is 0 Å². The Hall–Kier alpha value is 0.177. The van der Waals surface area contributed by atoms with Crippen molar-refractivity contribution in [3.05, 3.63) is 0 Å². The largest absolute Gasteiger partial charge is 0.297 e. The predicted octanol–water partition coefficient (Wildman–Crippen LogP) is 3.59. The van der Waals surface area contributed by atoms with Crippen molar-refractivity contribution in [2.75, 3.05) is 0 Å². The van der Waals surface area contributed by atoms with Crippen LogP contribution in [0.2, 0.25) is 17.6 Å². The molecule has 0 bridgehead atoms. The summed E-state index contributed by atoms with van der Waals surface area (Å²) in [4.78, 5) is 12.1. The molecule has 0 amide bonds. The van der Waals surface area contributed by atoms with Gasteiger partial charge in [-0.15, -0.1) is 0 Å². The van der Waals surface area contributed by atoms with Gasteiger partial charge in [-0.1, -0.05) is 40.5 Å². The van der Waals surface area contributed by atoms with Gasteiger partial charge in [0.2, 0.25) is 8.32 Å². The van der Waals surface area contributed by atoms with E-state index < -0.39 is 8.32 Å². The molecule has 0 N–H and O–H groups in total. The Kier molecular flexibility index (Phi) is 4.33. The van der Waals surface area contributed by atoms with Crippen molar-refractivity contribution in [2.24, 2.45) is 0 Å². The van der Waals surface area contributed by atoms with Crippen LogP contribution in [0.25, 0.3) is 0 Å². The maximum absolute atomic E-state index is 12.1. The summed E-state index contributed by atoms with van der Waals surface area (Å²) in [6.07, 6.45) is 2.10. The van der Waals surface area contributed by atoms with Gasteiger partial charge in [0.05, 0.1) is 0 Å². The van der Waals surface area contributed by atoms with Crippen molar-refractivity contribution < 1.29 is 4.80 Å². The summed E-state index contributed by atoms with van der Waals surface area (Å²) in [5.74, 6) is 0. The molecular weight excluding hydrogens is 152 g/mol. The molecule has 0 aromatic carbocycles. The Labute approximate surface area is 72.0 Å². The van der Waals surface area contributed by atoms with Crippen LogP contribution in [-0.4, -0.2) is 8.32 Å². The van der Waals surface area contributed by atoms with Crippen molar-refractivity contribution in [3.63, 3.8) is 0 Å².